The molecular formula is O4Tm. The fourth-order valence-corrected chi connectivity index (χ4v) is 0. The molecule has 0 aromatic heterocycles. The van der Waals surface area contributed by atoms with Gasteiger partial charge in [-0.15, -0.1) is 0 Å². The van der Waals surface area contributed by atoms with Crippen LogP contribution in [0.3, 0.4) is 0 Å². The third kappa shape index (κ3) is 140. The van der Waals surface area contributed by atoms with Gasteiger partial charge in [-0.1, -0.05) is 0 Å². The van der Waals surface area contributed by atoms with E-state index in [-0.39, 0.29) is 0 Å². The van der Waals surface area contributed by atoms with Gasteiger partial charge in [-0.25, -0.2) is 0 Å². The van der Waals surface area contributed by atoms with Crippen LogP contribution < -0.4 is 0 Å². The van der Waals surface area contributed by atoms with Gasteiger partial charge in [0.05, 0.1) is 0 Å². The second-order valence-electron chi connectivity index (χ2n) is 0.277. The monoisotopic (exact) mass is 233 g/mol. The molecule has 0 aliphatic heterocycles. The maximum atomic E-state index is 8.60. The van der Waals surface area contributed by atoms with Crippen LogP contribution in [-0.4, -0.2) is 0 Å². The van der Waals surface area contributed by atoms with E-state index in [1.54, 1.807) is 0 Å². The standard InChI is InChI=1S/4O.Tm. The molecule has 0 aliphatic carbocycles. The first-order valence-corrected chi connectivity index (χ1v) is 3.36. The van der Waals surface area contributed by atoms with Crippen molar-refractivity contribution in [2.45, 2.75) is 0 Å². The zero-order valence-electron chi connectivity index (χ0n) is 1.91. The van der Waals surface area contributed by atoms with Crippen molar-refractivity contribution in [1.29, 1.82) is 0 Å². The predicted octanol–water partition coefficient (Wildman–Crippen LogP) is -0.475. The van der Waals surface area contributed by atoms with E-state index >= 15 is 0 Å². The molecule has 37 valence electrons. The van der Waals surface area contributed by atoms with E-state index in [0.29, 0.717) is 0 Å². The van der Waals surface area contributed by atoms with Crippen molar-refractivity contribution in [1.82, 2.24) is 0 Å². The molecule has 0 spiro atoms. The summed E-state index contributed by atoms with van der Waals surface area (Å²) in [5.41, 5.74) is 0. The molecule has 0 aromatic carbocycles. The Bertz CT molecular complexity index is 155. The number of hydrogen-bond donors (Lipinski definition) is 0. The molecule has 0 amide bonds. The molecule has 0 aliphatic rings. The van der Waals surface area contributed by atoms with Crippen LogP contribution in [0.15, 0.2) is 0 Å². The molecule has 0 rings (SSSR count). The van der Waals surface area contributed by atoms with E-state index in [9.17, 15) is 0 Å². The minimum absolute atomic E-state index is 5.78. The van der Waals surface area contributed by atoms with E-state index in [1.807, 2.05) is 0 Å². The maximum absolute atomic E-state index is 8.60. The molecule has 0 N–H and O–H groups in total. The Morgan fingerprint density at radius 1 is 0.800 bits per heavy atom. The van der Waals surface area contributed by atoms with Gasteiger partial charge in [0.2, 0.25) is 0 Å². The van der Waals surface area contributed by atoms with Gasteiger partial charge in [-0.3, -0.25) is 0 Å². The van der Waals surface area contributed by atoms with Crippen molar-refractivity contribution in [3.63, 3.8) is 0 Å². The van der Waals surface area contributed by atoms with Crippen molar-refractivity contribution < 1.29 is 35.7 Å². The van der Waals surface area contributed by atoms with Crippen LogP contribution in [0.5, 0.6) is 0 Å². The predicted molar refractivity (Wildman–Crippen MR) is 2.75 cm³/mol. The Hall–Kier alpha value is 0.434. The molecule has 0 saturated heterocycles. The molecule has 0 atom stereocenters. The summed E-state index contributed by atoms with van der Waals surface area (Å²) >= 11 is -5.78. The van der Waals surface area contributed by atoms with Crippen LogP contribution in [0.1, 0.15) is 0 Å². The van der Waals surface area contributed by atoms with Crippen LogP contribution >= 0.6 is 0 Å². The number of hydrogen-bond acceptors (Lipinski definition) is 4. The van der Waals surface area contributed by atoms with Gasteiger partial charge < -0.3 is 0 Å². The molecule has 0 unspecified atom stereocenters. The molecule has 4 nitrogen and oxygen atoms in total. The van der Waals surface area contributed by atoms with Crippen LogP contribution in [0.4, 0.5) is 0 Å². The Balaban J connectivity index is 6.05. The summed E-state index contributed by atoms with van der Waals surface area (Å²) in [6.07, 6.45) is 0. The van der Waals surface area contributed by atoms with Gasteiger partial charge in [0.25, 0.3) is 0 Å². The van der Waals surface area contributed by atoms with Gasteiger partial charge >= 0.3 is 35.7 Å². The molecule has 0 bridgehead atoms. The van der Waals surface area contributed by atoms with E-state index < -0.39 is 29.6 Å². The molecule has 5 heteroatoms. The first-order chi connectivity index (χ1) is 2.00. The van der Waals surface area contributed by atoms with Gasteiger partial charge in [0.1, 0.15) is 0 Å². The van der Waals surface area contributed by atoms with Crippen molar-refractivity contribution in [2.75, 3.05) is 0 Å². The number of rotatable bonds is 0. The average Bonchev–Trinajstić information content (AvgIpc) is 0.722. The van der Waals surface area contributed by atoms with E-state index in [4.69, 9.17) is 6.16 Å². The summed E-state index contributed by atoms with van der Waals surface area (Å²) in [6.45, 7) is 0. The fraction of sp³-hybridized carbons (Fsp3) is 0. The molecule has 0 saturated carbocycles. The van der Waals surface area contributed by atoms with Gasteiger partial charge in [-0.2, -0.15) is 0 Å². The summed E-state index contributed by atoms with van der Waals surface area (Å²) in [4.78, 5) is 0. The summed E-state index contributed by atoms with van der Waals surface area (Å²) in [5, 5.41) is 0. The second-order valence-corrected chi connectivity index (χ2v) is 2.06. The second kappa shape index (κ2) is 1.26. The average molecular weight is 233 g/mol. The quantitative estimate of drug-likeness (QED) is 0.566. The third-order valence-electron chi connectivity index (χ3n) is 0. The van der Waals surface area contributed by atoms with Crippen molar-refractivity contribution in [3.05, 3.63) is 0 Å². The summed E-state index contributed by atoms with van der Waals surface area (Å²) in [6, 6.07) is 0. The normalized spacial score (nSPS) is 14.4. The zero-order valence-corrected chi connectivity index (χ0v) is 3.69. The SMILES string of the molecule is [O]=[Tm](=[O])(=[O])=[O]. The fourth-order valence-electron chi connectivity index (χ4n) is 0. The van der Waals surface area contributed by atoms with Crippen LogP contribution in [0, 0.1) is 29.6 Å². The Kier molecular flexibility index (Phi) is 1.37. The van der Waals surface area contributed by atoms with E-state index in [1.165, 1.54) is 0 Å². The molecule has 0 aromatic rings. The topological polar surface area (TPSA) is 68.3 Å². The third-order valence-corrected chi connectivity index (χ3v) is 0. The van der Waals surface area contributed by atoms with Crippen molar-refractivity contribution in [2.24, 2.45) is 0 Å². The first kappa shape index (κ1) is 5.43. The molecule has 0 heterocycles. The Morgan fingerprint density at radius 3 is 0.800 bits per heavy atom. The van der Waals surface area contributed by atoms with Crippen LogP contribution in [0.2, 0.25) is 0 Å². The summed E-state index contributed by atoms with van der Waals surface area (Å²) in [5.74, 6) is 0. The van der Waals surface area contributed by atoms with Gasteiger partial charge in [-0.05, 0) is 0 Å². The minimum atomic E-state index is -5.78. The molecular weight excluding hydrogens is 233 g/mol. The van der Waals surface area contributed by atoms with Gasteiger partial charge in [0, 0.05) is 0 Å². The summed E-state index contributed by atoms with van der Waals surface area (Å²) < 4.78 is 34.4. The molecule has 5 heavy (non-hydrogen) atoms. The first-order valence-electron chi connectivity index (χ1n) is 0.453. The van der Waals surface area contributed by atoms with E-state index in [0.717, 1.165) is 0 Å². The van der Waals surface area contributed by atoms with Crippen molar-refractivity contribution in [3.8, 4) is 0 Å². The Labute approximate surface area is 35.5 Å². The van der Waals surface area contributed by atoms with E-state index in [2.05, 4.69) is 0 Å². The van der Waals surface area contributed by atoms with Gasteiger partial charge in [0.15, 0.2) is 0 Å². The van der Waals surface area contributed by atoms with Crippen LogP contribution in [-0.2, 0) is 6.16 Å². The zero-order chi connectivity index (χ0) is 4.50. The van der Waals surface area contributed by atoms with Crippen LogP contribution in [0.25, 0.3) is 0 Å². The molecule has 0 radical (unpaired) electrons. The Morgan fingerprint density at radius 2 is 0.800 bits per heavy atom. The van der Waals surface area contributed by atoms with Crippen molar-refractivity contribution >= 4 is 0 Å². The summed E-state index contributed by atoms with van der Waals surface area (Å²) in [7, 11) is 0. The molecule has 0 fully saturated rings.